The van der Waals surface area contributed by atoms with Crippen LogP contribution in [0.3, 0.4) is 0 Å². The van der Waals surface area contributed by atoms with E-state index in [4.69, 9.17) is 11.6 Å². The minimum atomic E-state index is 0.0828. The molecule has 1 aliphatic heterocycles. The lowest BCUT2D eigenvalue weighted by molar-refractivity contribution is -0.117. The van der Waals surface area contributed by atoms with Gasteiger partial charge in [0.1, 0.15) is 0 Å². The molecule has 2 nitrogen and oxygen atoms in total. The van der Waals surface area contributed by atoms with Crippen LogP contribution in [-0.4, -0.2) is 13.0 Å². The summed E-state index contributed by atoms with van der Waals surface area (Å²) < 4.78 is 0. The Hall–Kier alpha value is -1.02. The monoisotopic (exact) mass is 305 g/mol. The lowest BCUT2D eigenvalue weighted by Gasteiger charge is -2.19. The highest BCUT2D eigenvalue weighted by molar-refractivity contribution is 6.20. The first kappa shape index (κ1) is 14.9. The van der Waals surface area contributed by atoms with Crippen LogP contribution in [0.15, 0.2) is 18.2 Å². The fourth-order valence-corrected chi connectivity index (χ4v) is 4.10. The van der Waals surface area contributed by atoms with Gasteiger partial charge in [-0.1, -0.05) is 50.7 Å². The summed E-state index contributed by atoms with van der Waals surface area (Å²) in [6.45, 7) is 0. The van der Waals surface area contributed by atoms with Gasteiger partial charge in [0.15, 0.2) is 0 Å². The highest BCUT2D eigenvalue weighted by atomic mass is 35.5. The molecule has 0 spiro atoms. The van der Waals surface area contributed by atoms with Crippen molar-refractivity contribution in [2.24, 2.45) is 5.92 Å². The summed E-state index contributed by atoms with van der Waals surface area (Å²) in [5.74, 6) is 0.949. The number of nitrogens with zero attached hydrogens (tertiary/aromatic N) is 1. The van der Waals surface area contributed by atoms with Gasteiger partial charge in [-0.25, -0.2) is 0 Å². The zero-order chi connectivity index (χ0) is 14.8. The van der Waals surface area contributed by atoms with Crippen LogP contribution < -0.4 is 4.90 Å². The molecule has 1 fully saturated rings. The van der Waals surface area contributed by atoms with Crippen LogP contribution >= 0.6 is 11.6 Å². The van der Waals surface area contributed by atoms with E-state index in [2.05, 4.69) is 18.2 Å². The van der Waals surface area contributed by atoms with E-state index < -0.39 is 0 Å². The number of fused-ring (bicyclic) bond motifs is 1. The second kappa shape index (κ2) is 6.39. The maximum absolute atomic E-state index is 11.8. The van der Waals surface area contributed by atoms with Gasteiger partial charge in [-0.05, 0) is 29.5 Å². The third-order valence-electron chi connectivity index (χ3n) is 5.06. The van der Waals surface area contributed by atoms with Crippen LogP contribution in [0.25, 0.3) is 0 Å². The van der Waals surface area contributed by atoms with Crippen molar-refractivity contribution in [3.8, 4) is 0 Å². The number of amides is 1. The Morgan fingerprint density at radius 3 is 2.67 bits per heavy atom. The second-order valence-corrected chi connectivity index (χ2v) is 7.11. The van der Waals surface area contributed by atoms with E-state index in [0.717, 1.165) is 23.6 Å². The largest absolute Gasteiger partial charge is 0.315 e. The van der Waals surface area contributed by atoms with Crippen molar-refractivity contribution < 1.29 is 4.79 Å². The minimum absolute atomic E-state index is 0.0828. The molecule has 0 bridgehead atoms. The highest BCUT2D eigenvalue weighted by Crippen LogP contribution is 2.37. The van der Waals surface area contributed by atoms with Gasteiger partial charge in [0, 0.05) is 12.7 Å². The fourth-order valence-electron chi connectivity index (χ4n) is 3.71. The Bertz CT molecular complexity index is 520. The number of hydrogen-bond acceptors (Lipinski definition) is 1. The van der Waals surface area contributed by atoms with Gasteiger partial charge >= 0.3 is 0 Å². The molecule has 1 saturated carbocycles. The SMILES string of the molecule is CN1C(=O)Cc2cc(C(Cl)CC3CCCCCC3)ccc21. The average Bonchev–Trinajstić information content (AvgIpc) is 2.67. The number of benzene rings is 1. The number of carbonyl (C=O) groups is 1. The molecule has 3 rings (SSSR count). The normalized spacial score (nSPS) is 21.2. The summed E-state index contributed by atoms with van der Waals surface area (Å²) in [5, 5.41) is 0.0828. The summed E-state index contributed by atoms with van der Waals surface area (Å²) in [4.78, 5) is 13.5. The summed E-state index contributed by atoms with van der Waals surface area (Å²) in [6.07, 6.45) is 9.74. The maximum Gasteiger partial charge on any atom is 0.231 e. The molecule has 0 N–H and O–H groups in total. The van der Waals surface area contributed by atoms with Crippen LogP contribution in [-0.2, 0) is 11.2 Å². The van der Waals surface area contributed by atoms with Crippen molar-refractivity contribution >= 4 is 23.2 Å². The number of anilines is 1. The van der Waals surface area contributed by atoms with E-state index in [-0.39, 0.29) is 11.3 Å². The Kier molecular flexibility index (Phi) is 4.54. The van der Waals surface area contributed by atoms with Gasteiger partial charge in [0.2, 0.25) is 5.91 Å². The van der Waals surface area contributed by atoms with Crippen LogP contribution in [0, 0.1) is 5.92 Å². The summed E-state index contributed by atoms with van der Waals surface area (Å²) in [5.41, 5.74) is 3.36. The van der Waals surface area contributed by atoms with E-state index in [1.54, 1.807) is 4.90 Å². The van der Waals surface area contributed by atoms with Gasteiger partial charge in [-0.15, -0.1) is 11.6 Å². The van der Waals surface area contributed by atoms with Gasteiger partial charge in [-0.2, -0.15) is 0 Å². The standard InChI is InChI=1S/C18H24ClNO/c1-20-17-9-8-14(11-15(17)12-18(20)21)16(19)10-13-6-4-2-3-5-7-13/h8-9,11,13,16H,2-7,10,12H2,1H3. The molecule has 1 aliphatic carbocycles. The summed E-state index contributed by atoms with van der Waals surface area (Å²) >= 11 is 6.67. The number of carbonyl (C=O) groups excluding carboxylic acids is 1. The first-order chi connectivity index (χ1) is 10.1. The molecule has 2 aliphatic rings. The predicted octanol–water partition coefficient (Wildman–Crippen LogP) is 4.85. The molecule has 1 heterocycles. The molecular formula is C18H24ClNO. The zero-order valence-electron chi connectivity index (χ0n) is 12.8. The molecule has 1 atom stereocenters. The van der Waals surface area contributed by atoms with Crippen LogP contribution in [0.4, 0.5) is 5.69 Å². The molecule has 1 amide bonds. The van der Waals surface area contributed by atoms with E-state index in [0.29, 0.717) is 6.42 Å². The smallest absolute Gasteiger partial charge is 0.231 e. The number of alkyl halides is 1. The van der Waals surface area contributed by atoms with Crippen molar-refractivity contribution in [2.45, 2.75) is 56.7 Å². The Labute approximate surface area is 132 Å². The van der Waals surface area contributed by atoms with Gasteiger partial charge < -0.3 is 4.90 Å². The van der Waals surface area contributed by atoms with Crippen LogP contribution in [0.1, 0.15) is 61.4 Å². The molecule has 114 valence electrons. The van der Waals surface area contributed by atoms with Gasteiger partial charge in [-0.3, -0.25) is 4.79 Å². The summed E-state index contributed by atoms with van der Waals surface area (Å²) in [6, 6.07) is 6.30. The Morgan fingerprint density at radius 2 is 1.95 bits per heavy atom. The van der Waals surface area contributed by atoms with E-state index in [9.17, 15) is 4.79 Å². The number of rotatable bonds is 3. The zero-order valence-corrected chi connectivity index (χ0v) is 13.5. The quantitative estimate of drug-likeness (QED) is 0.577. The molecule has 3 heteroatoms. The predicted molar refractivity (Wildman–Crippen MR) is 88.0 cm³/mol. The fraction of sp³-hybridized carbons (Fsp3) is 0.611. The molecule has 1 unspecified atom stereocenters. The minimum Gasteiger partial charge on any atom is -0.315 e. The number of hydrogen-bond donors (Lipinski definition) is 0. The molecule has 0 saturated heterocycles. The lowest BCUT2D eigenvalue weighted by atomic mass is 9.92. The summed E-state index contributed by atoms with van der Waals surface area (Å²) in [7, 11) is 1.84. The van der Waals surface area contributed by atoms with Gasteiger partial charge in [0.05, 0.1) is 11.8 Å². The highest BCUT2D eigenvalue weighted by Gasteiger charge is 2.25. The first-order valence-corrected chi connectivity index (χ1v) is 8.62. The van der Waals surface area contributed by atoms with Crippen molar-refractivity contribution in [3.05, 3.63) is 29.3 Å². The molecule has 21 heavy (non-hydrogen) atoms. The molecular weight excluding hydrogens is 282 g/mol. The molecule has 1 aromatic rings. The Balaban J connectivity index is 1.69. The van der Waals surface area contributed by atoms with E-state index >= 15 is 0 Å². The van der Waals surface area contributed by atoms with E-state index in [1.165, 1.54) is 44.1 Å². The van der Waals surface area contributed by atoms with Crippen molar-refractivity contribution in [2.75, 3.05) is 11.9 Å². The topological polar surface area (TPSA) is 20.3 Å². The maximum atomic E-state index is 11.8. The van der Waals surface area contributed by atoms with Crippen molar-refractivity contribution in [1.82, 2.24) is 0 Å². The Morgan fingerprint density at radius 1 is 1.24 bits per heavy atom. The van der Waals surface area contributed by atoms with Crippen LogP contribution in [0.5, 0.6) is 0 Å². The third-order valence-corrected chi connectivity index (χ3v) is 5.49. The second-order valence-electron chi connectivity index (χ2n) is 6.58. The molecule has 0 aromatic heterocycles. The van der Waals surface area contributed by atoms with Gasteiger partial charge in [0.25, 0.3) is 0 Å². The molecule has 0 radical (unpaired) electrons. The number of halogens is 1. The lowest BCUT2D eigenvalue weighted by Crippen LogP contribution is -2.20. The van der Waals surface area contributed by atoms with Crippen molar-refractivity contribution in [3.63, 3.8) is 0 Å². The third kappa shape index (κ3) is 3.26. The number of likely N-dealkylation sites (N-methyl/N-ethyl adjacent to an activating group) is 1. The first-order valence-electron chi connectivity index (χ1n) is 8.18. The molecule has 1 aromatic carbocycles. The van der Waals surface area contributed by atoms with Crippen LogP contribution in [0.2, 0.25) is 0 Å². The average molecular weight is 306 g/mol. The van der Waals surface area contributed by atoms with Crippen molar-refractivity contribution in [1.29, 1.82) is 0 Å². The van der Waals surface area contributed by atoms with E-state index in [1.807, 2.05) is 7.05 Å².